The minimum Gasteiger partial charge on any atom is -0.395 e. The van der Waals surface area contributed by atoms with Gasteiger partial charge in [0, 0.05) is 42.3 Å². The van der Waals surface area contributed by atoms with Crippen molar-refractivity contribution in [2.75, 3.05) is 32.8 Å². The molecule has 1 unspecified atom stereocenters. The highest BCUT2D eigenvalue weighted by atomic mass is 19.1. The maximum absolute atomic E-state index is 13.8. The molecule has 3 aromatic rings. The third-order valence-corrected chi connectivity index (χ3v) is 7.99. The summed E-state index contributed by atoms with van der Waals surface area (Å²) in [7, 11) is 0. The van der Waals surface area contributed by atoms with Crippen LogP contribution in [0.5, 0.6) is 0 Å². The summed E-state index contributed by atoms with van der Waals surface area (Å²) in [4.78, 5) is 20.2. The Labute approximate surface area is 210 Å². The summed E-state index contributed by atoms with van der Waals surface area (Å²) >= 11 is 0. The van der Waals surface area contributed by atoms with E-state index >= 15 is 0 Å². The Morgan fingerprint density at radius 3 is 2.39 bits per heavy atom. The first-order valence-corrected chi connectivity index (χ1v) is 12.9. The van der Waals surface area contributed by atoms with Gasteiger partial charge in [0.1, 0.15) is 11.6 Å². The predicted molar refractivity (Wildman–Crippen MR) is 137 cm³/mol. The van der Waals surface area contributed by atoms with Crippen LogP contribution in [0.4, 0.5) is 8.78 Å². The largest absolute Gasteiger partial charge is 0.395 e. The van der Waals surface area contributed by atoms with E-state index in [1.165, 1.54) is 23.8 Å². The number of likely N-dealkylation sites (tertiary alicyclic amines) is 2. The third-order valence-electron chi connectivity index (χ3n) is 7.99. The molecule has 36 heavy (non-hydrogen) atoms. The molecule has 1 aromatic heterocycles. The standard InChI is InChI=1S/C29H33F2N3O2/c30-23-4-1-20(2-5-23)3-8-29(36)34-15-11-22(12-16-34)28(19-35)33-13-9-21(10-14-33)26-18-32-27-7-6-24(31)17-25(26)27/h1-8,17-18,21-22,28,32,35H,9-16,19H2. The highest BCUT2D eigenvalue weighted by Gasteiger charge is 2.33. The minimum absolute atomic E-state index is 0.0331. The first-order valence-electron chi connectivity index (χ1n) is 12.9. The molecule has 0 radical (unpaired) electrons. The number of nitrogens with zero attached hydrogens (tertiary/aromatic N) is 2. The molecular weight excluding hydrogens is 460 g/mol. The van der Waals surface area contributed by atoms with Crippen LogP contribution in [0.25, 0.3) is 17.0 Å². The van der Waals surface area contributed by atoms with Gasteiger partial charge < -0.3 is 15.0 Å². The van der Waals surface area contributed by atoms with Gasteiger partial charge in [-0.2, -0.15) is 0 Å². The van der Waals surface area contributed by atoms with E-state index in [2.05, 4.69) is 9.88 Å². The number of rotatable bonds is 6. The van der Waals surface area contributed by atoms with E-state index in [0.717, 1.165) is 55.2 Å². The Bertz CT molecular complexity index is 1210. The van der Waals surface area contributed by atoms with Gasteiger partial charge in [-0.1, -0.05) is 12.1 Å². The Morgan fingerprint density at radius 2 is 1.69 bits per heavy atom. The van der Waals surface area contributed by atoms with Crippen LogP contribution in [-0.4, -0.2) is 64.6 Å². The number of aromatic amines is 1. The molecule has 2 N–H and O–H groups in total. The zero-order chi connectivity index (χ0) is 25.1. The van der Waals surface area contributed by atoms with Crippen molar-refractivity contribution in [2.24, 2.45) is 5.92 Å². The van der Waals surface area contributed by atoms with Crippen molar-refractivity contribution < 1.29 is 18.7 Å². The Balaban J connectivity index is 1.14. The number of nitrogens with one attached hydrogen (secondary N) is 1. The molecule has 5 nitrogen and oxygen atoms in total. The molecule has 1 atom stereocenters. The molecule has 0 bridgehead atoms. The van der Waals surface area contributed by atoms with Gasteiger partial charge in [-0.25, -0.2) is 8.78 Å². The van der Waals surface area contributed by atoms with Crippen LogP contribution >= 0.6 is 0 Å². The molecular formula is C29H33F2N3O2. The van der Waals surface area contributed by atoms with E-state index in [1.54, 1.807) is 36.4 Å². The first-order chi connectivity index (χ1) is 17.5. The average molecular weight is 494 g/mol. The van der Waals surface area contributed by atoms with Crippen LogP contribution in [0.1, 0.15) is 42.7 Å². The Kier molecular flexibility index (Phi) is 7.48. The van der Waals surface area contributed by atoms with Gasteiger partial charge in [-0.3, -0.25) is 9.69 Å². The number of piperidine rings is 2. The second-order valence-electron chi connectivity index (χ2n) is 10.0. The topological polar surface area (TPSA) is 59.6 Å². The van der Waals surface area contributed by atoms with Crippen LogP contribution < -0.4 is 0 Å². The van der Waals surface area contributed by atoms with E-state index in [0.29, 0.717) is 24.9 Å². The van der Waals surface area contributed by atoms with Gasteiger partial charge in [0.2, 0.25) is 5.91 Å². The molecule has 1 amide bonds. The van der Waals surface area contributed by atoms with E-state index in [9.17, 15) is 18.7 Å². The molecule has 5 rings (SSSR count). The van der Waals surface area contributed by atoms with Crippen LogP contribution in [-0.2, 0) is 4.79 Å². The number of benzene rings is 2. The minimum atomic E-state index is -0.295. The summed E-state index contributed by atoms with van der Waals surface area (Å²) in [6, 6.07) is 11.1. The van der Waals surface area contributed by atoms with Crippen molar-refractivity contribution in [3.8, 4) is 0 Å². The van der Waals surface area contributed by atoms with Crippen molar-refractivity contribution >= 4 is 22.9 Å². The number of aliphatic hydroxyl groups is 1. The molecule has 0 spiro atoms. The normalized spacial score (nSPS) is 19.4. The lowest BCUT2D eigenvalue weighted by atomic mass is 9.84. The second-order valence-corrected chi connectivity index (χ2v) is 10.0. The zero-order valence-electron chi connectivity index (χ0n) is 20.4. The van der Waals surface area contributed by atoms with Crippen molar-refractivity contribution in [3.05, 3.63) is 77.5 Å². The van der Waals surface area contributed by atoms with E-state index in [4.69, 9.17) is 0 Å². The van der Waals surface area contributed by atoms with Crippen LogP contribution in [0, 0.1) is 17.6 Å². The van der Waals surface area contributed by atoms with Crippen molar-refractivity contribution in [3.63, 3.8) is 0 Å². The zero-order valence-corrected chi connectivity index (χ0v) is 20.4. The summed E-state index contributed by atoms with van der Waals surface area (Å²) in [6.07, 6.45) is 8.98. The van der Waals surface area contributed by atoms with Crippen LogP contribution in [0.15, 0.2) is 54.7 Å². The lowest BCUT2D eigenvalue weighted by Gasteiger charge is -2.43. The summed E-state index contributed by atoms with van der Waals surface area (Å²) < 4.78 is 26.9. The molecule has 3 heterocycles. The van der Waals surface area contributed by atoms with Gasteiger partial charge in [-0.05, 0) is 98.1 Å². The van der Waals surface area contributed by atoms with E-state index in [1.807, 2.05) is 11.1 Å². The Morgan fingerprint density at radius 1 is 1.00 bits per heavy atom. The number of fused-ring (bicyclic) bond motifs is 1. The number of hydrogen-bond donors (Lipinski definition) is 2. The number of carbonyl (C=O) groups is 1. The number of amides is 1. The quantitative estimate of drug-likeness (QED) is 0.479. The van der Waals surface area contributed by atoms with Gasteiger partial charge in [0.15, 0.2) is 0 Å². The Hall–Kier alpha value is -3.03. The van der Waals surface area contributed by atoms with Crippen molar-refractivity contribution in [1.29, 1.82) is 0 Å². The number of carbonyl (C=O) groups excluding carboxylic acids is 1. The SMILES string of the molecule is O=C(C=Cc1ccc(F)cc1)N1CCC(C(CO)N2CCC(c3c[nH]c4ccc(F)cc34)CC2)CC1. The molecule has 2 aliphatic heterocycles. The van der Waals surface area contributed by atoms with Crippen molar-refractivity contribution in [2.45, 2.75) is 37.6 Å². The number of halogens is 2. The van der Waals surface area contributed by atoms with Gasteiger partial charge >= 0.3 is 0 Å². The average Bonchev–Trinajstić information content (AvgIpc) is 3.32. The van der Waals surface area contributed by atoms with Gasteiger partial charge in [0.05, 0.1) is 6.61 Å². The number of aliphatic hydroxyl groups excluding tert-OH is 1. The van der Waals surface area contributed by atoms with Gasteiger partial charge in [-0.15, -0.1) is 0 Å². The van der Waals surface area contributed by atoms with Crippen LogP contribution in [0.3, 0.4) is 0 Å². The smallest absolute Gasteiger partial charge is 0.246 e. The number of aromatic nitrogens is 1. The second kappa shape index (κ2) is 10.9. The van der Waals surface area contributed by atoms with E-state index < -0.39 is 0 Å². The summed E-state index contributed by atoms with van der Waals surface area (Å²) in [6.45, 7) is 3.26. The molecule has 2 aromatic carbocycles. The lowest BCUT2D eigenvalue weighted by Crippen LogP contribution is -2.50. The van der Waals surface area contributed by atoms with E-state index in [-0.39, 0.29) is 30.2 Å². The highest BCUT2D eigenvalue weighted by molar-refractivity contribution is 5.91. The fourth-order valence-electron chi connectivity index (χ4n) is 5.91. The van der Waals surface area contributed by atoms with Crippen LogP contribution in [0.2, 0.25) is 0 Å². The van der Waals surface area contributed by atoms with Crippen molar-refractivity contribution in [1.82, 2.24) is 14.8 Å². The summed E-state index contributed by atoms with van der Waals surface area (Å²) in [5.41, 5.74) is 2.95. The molecule has 2 fully saturated rings. The fraction of sp³-hybridized carbons (Fsp3) is 0.414. The summed E-state index contributed by atoms with van der Waals surface area (Å²) in [5.74, 6) is 0.185. The maximum Gasteiger partial charge on any atom is 0.246 e. The number of hydrogen-bond acceptors (Lipinski definition) is 3. The monoisotopic (exact) mass is 493 g/mol. The molecule has 0 aliphatic carbocycles. The molecule has 2 saturated heterocycles. The molecule has 7 heteroatoms. The summed E-state index contributed by atoms with van der Waals surface area (Å²) in [5, 5.41) is 11.2. The fourth-order valence-corrected chi connectivity index (χ4v) is 5.91. The first kappa shape index (κ1) is 24.7. The third kappa shape index (κ3) is 5.37. The molecule has 2 aliphatic rings. The number of H-pyrrole nitrogens is 1. The predicted octanol–water partition coefficient (Wildman–Crippen LogP) is 4.94. The lowest BCUT2D eigenvalue weighted by molar-refractivity contribution is -0.127. The molecule has 190 valence electrons. The molecule has 0 saturated carbocycles. The van der Waals surface area contributed by atoms with Gasteiger partial charge in [0.25, 0.3) is 0 Å². The highest BCUT2D eigenvalue weighted by Crippen LogP contribution is 2.35. The maximum atomic E-state index is 13.8.